The van der Waals surface area contributed by atoms with Crippen molar-refractivity contribution >= 4 is 0 Å². The summed E-state index contributed by atoms with van der Waals surface area (Å²) in [4.78, 5) is 0. The summed E-state index contributed by atoms with van der Waals surface area (Å²) in [6.45, 7) is 2.87. The molecule has 0 saturated heterocycles. The molecule has 0 aromatic heterocycles. The summed E-state index contributed by atoms with van der Waals surface area (Å²) in [7, 11) is 1.97. The van der Waals surface area contributed by atoms with Crippen LogP contribution in [-0.4, -0.2) is 13.7 Å². The van der Waals surface area contributed by atoms with Gasteiger partial charge in [-0.15, -0.1) is 0 Å². The standard InChI is InChI=1S/C11H15NO/c1-8-9-5-3-4-6-10(9)11(12-2)7-13-8/h3-6,8,11-12H,7H2,1-2H3/t8-,11-/m1/s1. The minimum atomic E-state index is 0.237. The predicted octanol–water partition coefficient (Wildman–Crippen LogP) is 2.04. The number of hydrogen-bond donors (Lipinski definition) is 1. The third kappa shape index (κ3) is 1.47. The zero-order valence-corrected chi connectivity index (χ0v) is 8.08. The van der Waals surface area contributed by atoms with Crippen LogP contribution in [0.4, 0.5) is 0 Å². The van der Waals surface area contributed by atoms with Crippen LogP contribution in [0.25, 0.3) is 0 Å². The Morgan fingerprint density at radius 2 is 2.00 bits per heavy atom. The van der Waals surface area contributed by atoms with E-state index in [1.54, 1.807) is 0 Å². The Labute approximate surface area is 78.9 Å². The van der Waals surface area contributed by atoms with Crippen LogP contribution in [0.5, 0.6) is 0 Å². The van der Waals surface area contributed by atoms with Gasteiger partial charge in [-0.05, 0) is 25.1 Å². The molecular formula is C11H15NO. The monoisotopic (exact) mass is 177 g/mol. The van der Waals surface area contributed by atoms with E-state index in [2.05, 4.69) is 36.5 Å². The molecule has 70 valence electrons. The van der Waals surface area contributed by atoms with Gasteiger partial charge in [0.1, 0.15) is 0 Å². The van der Waals surface area contributed by atoms with Crippen LogP contribution < -0.4 is 5.32 Å². The Bertz CT molecular complexity index is 298. The minimum absolute atomic E-state index is 0.237. The van der Waals surface area contributed by atoms with Crippen molar-refractivity contribution in [1.82, 2.24) is 5.32 Å². The van der Waals surface area contributed by atoms with E-state index in [1.165, 1.54) is 11.1 Å². The summed E-state index contributed by atoms with van der Waals surface area (Å²) in [6.07, 6.45) is 0.237. The fraction of sp³-hybridized carbons (Fsp3) is 0.455. The average Bonchev–Trinajstić information content (AvgIpc) is 2.19. The fourth-order valence-electron chi connectivity index (χ4n) is 1.86. The van der Waals surface area contributed by atoms with Crippen molar-refractivity contribution in [2.24, 2.45) is 0 Å². The number of rotatable bonds is 1. The second-order valence-electron chi connectivity index (χ2n) is 3.45. The molecular weight excluding hydrogens is 162 g/mol. The molecule has 0 spiro atoms. The number of likely N-dealkylation sites (N-methyl/N-ethyl adjacent to an activating group) is 1. The van der Waals surface area contributed by atoms with Crippen molar-refractivity contribution in [2.75, 3.05) is 13.7 Å². The second-order valence-corrected chi connectivity index (χ2v) is 3.45. The lowest BCUT2D eigenvalue weighted by Gasteiger charge is -2.29. The number of benzene rings is 1. The molecule has 0 bridgehead atoms. The molecule has 1 aliphatic rings. The third-order valence-corrected chi connectivity index (χ3v) is 2.67. The van der Waals surface area contributed by atoms with Gasteiger partial charge in [-0.25, -0.2) is 0 Å². The van der Waals surface area contributed by atoms with Gasteiger partial charge in [0.25, 0.3) is 0 Å². The van der Waals surface area contributed by atoms with E-state index >= 15 is 0 Å². The van der Waals surface area contributed by atoms with E-state index in [4.69, 9.17) is 4.74 Å². The van der Waals surface area contributed by atoms with Crippen LogP contribution in [0.3, 0.4) is 0 Å². The molecule has 0 aliphatic carbocycles. The lowest BCUT2D eigenvalue weighted by Crippen LogP contribution is -2.28. The molecule has 1 aromatic rings. The minimum Gasteiger partial charge on any atom is -0.372 e. The lowest BCUT2D eigenvalue weighted by atomic mass is 9.95. The van der Waals surface area contributed by atoms with Gasteiger partial charge in [-0.2, -0.15) is 0 Å². The quantitative estimate of drug-likeness (QED) is 0.708. The Morgan fingerprint density at radius 3 is 2.69 bits per heavy atom. The van der Waals surface area contributed by atoms with Gasteiger partial charge in [-0.3, -0.25) is 0 Å². The van der Waals surface area contributed by atoms with Crippen LogP contribution in [-0.2, 0) is 4.74 Å². The molecule has 0 fully saturated rings. The first-order valence-corrected chi connectivity index (χ1v) is 4.70. The largest absolute Gasteiger partial charge is 0.372 e. The van der Waals surface area contributed by atoms with Crippen LogP contribution in [0.15, 0.2) is 24.3 Å². The molecule has 2 atom stereocenters. The van der Waals surface area contributed by atoms with E-state index in [-0.39, 0.29) is 6.10 Å². The number of nitrogens with one attached hydrogen (secondary N) is 1. The Morgan fingerprint density at radius 1 is 1.31 bits per heavy atom. The maximum Gasteiger partial charge on any atom is 0.0801 e. The van der Waals surface area contributed by atoms with Crippen molar-refractivity contribution in [3.63, 3.8) is 0 Å². The highest BCUT2D eigenvalue weighted by Crippen LogP contribution is 2.31. The highest BCUT2D eigenvalue weighted by Gasteiger charge is 2.23. The topological polar surface area (TPSA) is 21.3 Å². The molecule has 0 amide bonds. The van der Waals surface area contributed by atoms with Gasteiger partial charge in [-0.1, -0.05) is 24.3 Å². The van der Waals surface area contributed by atoms with Crippen molar-refractivity contribution in [3.8, 4) is 0 Å². The van der Waals surface area contributed by atoms with Gasteiger partial charge < -0.3 is 10.1 Å². The van der Waals surface area contributed by atoms with E-state index in [0.29, 0.717) is 6.04 Å². The summed E-state index contributed by atoms with van der Waals surface area (Å²) < 4.78 is 5.65. The van der Waals surface area contributed by atoms with Gasteiger partial charge >= 0.3 is 0 Å². The normalized spacial score (nSPS) is 26.9. The molecule has 2 heteroatoms. The predicted molar refractivity (Wildman–Crippen MR) is 52.6 cm³/mol. The van der Waals surface area contributed by atoms with Crippen molar-refractivity contribution in [3.05, 3.63) is 35.4 Å². The maximum atomic E-state index is 5.65. The number of hydrogen-bond acceptors (Lipinski definition) is 2. The number of ether oxygens (including phenoxy) is 1. The smallest absolute Gasteiger partial charge is 0.0801 e. The average molecular weight is 177 g/mol. The zero-order valence-electron chi connectivity index (χ0n) is 8.08. The molecule has 1 aromatic carbocycles. The van der Waals surface area contributed by atoms with Crippen molar-refractivity contribution in [1.29, 1.82) is 0 Å². The molecule has 1 heterocycles. The lowest BCUT2D eigenvalue weighted by molar-refractivity contribution is 0.0346. The van der Waals surface area contributed by atoms with Crippen molar-refractivity contribution in [2.45, 2.75) is 19.1 Å². The summed E-state index contributed by atoms with van der Waals surface area (Å²) in [5.74, 6) is 0. The Hall–Kier alpha value is -0.860. The molecule has 0 saturated carbocycles. The van der Waals surface area contributed by atoms with Crippen LogP contribution in [0.1, 0.15) is 30.2 Å². The van der Waals surface area contributed by atoms with Gasteiger partial charge in [0.05, 0.1) is 18.8 Å². The molecule has 1 N–H and O–H groups in total. The molecule has 0 radical (unpaired) electrons. The SMILES string of the molecule is CN[C@@H]1CO[C@H](C)c2ccccc21. The second kappa shape index (κ2) is 3.48. The zero-order chi connectivity index (χ0) is 9.26. The molecule has 2 rings (SSSR count). The van der Waals surface area contributed by atoms with Crippen LogP contribution in [0, 0.1) is 0 Å². The van der Waals surface area contributed by atoms with Crippen LogP contribution in [0.2, 0.25) is 0 Å². The first-order chi connectivity index (χ1) is 6.33. The molecule has 0 unspecified atom stereocenters. The molecule has 13 heavy (non-hydrogen) atoms. The third-order valence-electron chi connectivity index (χ3n) is 2.67. The van der Waals surface area contributed by atoms with E-state index in [9.17, 15) is 0 Å². The first kappa shape index (κ1) is 8.73. The van der Waals surface area contributed by atoms with E-state index in [0.717, 1.165) is 6.61 Å². The van der Waals surface area contributed by atoms with E-state index < -0.39 is 0 Å². The first-order valence-electron chi connectivity index (χ1n) is 4.70. The number of fused-ring (bicyclic) bond motifs is 1. The summed E-state index contributed by atoms with van der Waals surface area (Å²) in [5.41, 5.74) is 2.69. The van der Waals surface area contributed by atoms with Gasteiger partial charge in [0.15, 0.2) is 0 Å². The van der Waals surface area contributed by atoms with Gasteiger partial charge in [0, 0.05) is 0 Å². The van der Waals surface area contributed by atoms with E-state index in [1.807, 2.05) is 7.05 Å². The Kier molecular flexibility index (Phi) is 2.34. The fourth-order valence-corrected chi connectivity index (χ4v) is 1.86. The molecule has 2 nitrogen and oxygen atoms in total. The molecule has 1 aliphatic heterocycles. The summed E-state index contributed by atoms with van der Waals surface area (Å²) in [6, 6.07) is 8.82. The maximum absolute atomic E-state index is 5.65. The Balaban J connectivity index is 2.42. The van der Waals surface area contributed by atoms with Crippen molar-refractivity contribution < 1.29 is 4.74 Å². The van der Waals surface area contributed by atoms with Gasteiger partial charge in [0.2, 0.25) is 0 Å². The summed E-state index contributed by atoms with van der Waals surface area (Å²) >= 11 is 0. The summed E-state index contributed by atoms with van der Waals surface area (Å²) in [5, 5.41) is 3.26. The highest BCUT2D eigenvalue weighted by molar-refractivity contribution is 5.33. The highest BCUT2D eigenvalue weighted by atomic mass is 16.5. The van der Waals surface area contributed by atoms with Crippen LogP contribution >= 0.6 is 0 Å².